The van der Waals surface area contributed by atoms with Crippen molar-refractivity contribution in [2.45, 2.75) is 24.9 Å². The Labute approximate surface area is 149 Å². The van der Waals surface area contributed by atoms with Crippen molar-refractivity contribution >= 4 is 6.08 Å². The third-order valence-electron chi connectivity index (χ3n) is 5.09. The molecule has 25 heavy (non-hydrogen) atoms. The van der Waals surface area contributed by atoms with Gasteiger partial charge in [-0.2, -0.15) is 0 Å². The fraction of sp³-hybridized carbons (Fsp3) is 0.364. The normalized spacial score (nSPS) is 25.5. The number of aliphatic hydroxyl groups is 1. The lowest BCUT2D eigenvalue weighted by atomic mass is 9.67. The molecule has 0 aromatic heterocycles. The number of nitrogens with zero attached hydrogens (tertiary/aromatic N) is 1. The second kappa shape index (κ2) is 7.51. The molecule has 1 aliphatic carbocycles. The monoisotopic (exact) mass is 339 g/mol. The highest BCUT2D eigenvalue weighted by Gasteiger charge is 2.44. The van der Waals surface area contributed by atoms with E-state index in [4.69, 9.17) is 0 Å². The van der Waals surface area contributed by atoms with Crippen molar-refractivity contribution in [2.75, 3.05) is 20.6 Å². The van der Waals surface area contributed by atoms with Gasteiger partial charge in [0, 0.05) is 12.5 Å². The zero-order valence-corrected chi connectivity index (χ0v) is 15.0. The van der Waals surface area contributed by atoms with E-state index in [0.717, 1.165) is 42.5 Å². The number of benzene rings is 2. The van der Waals surface area contributed by atoms with Crippen LogP contribution in [0.15, 0.2) is 60.2 Å². The first kappa shape index (κ1) is 17.8. The molecule has 0 aliphatic heterocycles. The van der Waals surface area contributed by atoms with Crippen LogP contribution in [0.3, 0.4) is 0 Å². The largest absolute Gasteiger partial charge is 0.380 e. The van der Waals surface area contributed by atoms with Gasteiger partial charge in [-0.1, -0.05) is 48.5 Å². The first-order valence-electron chi connectivity index (χ1n) is 8.89. The fourth-order valence-electron chi connectivity index (χ4n) is 3.92. The van der Waals surface area contributed by atoms with Crippen molar-refractivity contribution in [3.8, 4) is 0 Å². The topological polar surface area (TPSA) is 23.5 Å². The predicted octanol–water partition coefficient (Wildman–Crippen LogP) is 4.46. The van der Waals surface area contributed by atoms with Gasteiger partial charge in [0.2, 0.25) is 0 Å². The number of rotatable bonds is 4. The highest BCUT2D eigenvalue weighted by Crippen LogP contribution is 2.46. The van der Waals surface area contributed by atoms with E-state index in [-0.39, 0.29) is 11.7 Å². The summed E-state index contributed by atoms with van der Waals surface area (Å²) in [6, 6.07) is 16.4. The number of hydrogen-bond donors (Lipinski definition) is 1. The smallest absolute Gasteiger partial charge is 0.123 e. The molecule has 0 saturated heterocycles. The van der Waals surface area contributed by atoms with Gasteiger partial charge in [0.15, 0.2) is 0 Å². The molecule has 1 fully saturated rings. The molecule has 2 unspecified atom stereocenters. The van der Waals surface area contributed by atoms with Crippen molar-refractivity contribution < 1.29 is 9.50 Å². The summed E-state index contributed by atoms with van der Waals surface area (Å²) < 4.78 is 13.4. The van der Waals surface area contributed by atoms with Gasteiger partial charge < -0.3 is 10.0 Å². The molecule has 2 atom stereocenters. The summed E-state index contributed by atoms with van der Waals surface area (Å²) in [4.78, 5) is 2.12. The molecule has 3 heteroatoms. The Kier molecular flexibility index (Phi) is 5.36. The molecular formula is C22H26FNO. The van der Waals surface area contributed by atoms with Gasteiger partial charge in [0.1, 0.15) is 11.4 Å². The highest BCUT2D eigenvalue weighted by molar-refractivity contribution is 5.57. The third kappa shape index (κ3) is 3.83. The Morgan fingerprint density at radius 3 is 2.44 bits per heavy atom. The molecule has 0 amide bonds. The van der Waals surface area contributed by atoms with E-state index in [1.165, 1.54) is 12.1 Å². The zero-order valence-electron chi connectivity index (χ0n) is 15.0. The minimum Gasteiger partial charge on any atom is -0.380 e. The molecular weight excluding hydrogens is 313 g/mol. The predicted molar refractivity (Wildman–Crippen MR) is 101 cm³/mol. The Bertz CT molecular complexity index is 723. The van der Waals surface area contributed by atoms with Gasteiger partial charge in [-0.25, -0.2) is 4.39 Å². The van der Waals surface area contributed by atoms with E-state index >= 15 is 0 Å². The van der Waals surface area contributed by atoms with Crippen molar-refractivity contribution in [2.24, 2.45) is 5.92 Å². The standard InChI is InChI=1S/C22H26FNO/c1-24(2)16-20-10-6-9-19(15-17-7-4-3-5-8-17)22(20,25)18-11-13-21(23)14-12-18/h3-5,7-8,11-15,20,25H,6,9-10,16H2,1-2H3/b19-15+. The summed E-state index contributed by atoms with van der Waals surface area (Å²) in [5, 5.41) is 11.8. The SMILES string of the molecule is CN(C)CC1CCC/C(=C\c2ccccc2)C1(O)c1ccc(F)cc1. The van der Waals surface area contributed by atoms with Crippen LogP contribution in [0, 0.1) is 11.7 Å². The Hall–Kier alpha value is -1.97. The summed E-state index contributed by atoms with van der Waals surface area (Å²) in [6.45, 7) is 0.792. The van der Waals surface area contributed by atoms with Gasteiger partial charge >= 0.3 is 0 Å². The third-order valence-corrected chi connectivity index (χ3v) is 5.09. The molecule has 2 aromatic carbocycles. The van der Waals surface area contributed by atoms with Crippen LogP contribution in [0.2, 0.25) is 0 Å². The molecule has 1 aliphatic rings. The maximum absolute atomic E-state index is 13.4. The van der Waals surface area contributed by atoms with Gasteiger partial charge in [-0.3, -0.25) is 0 Å². The van der Waals surface area contributed by atoms with Crippen LogP contribution in [0.1, 0.15) is 30.4 Å². The second-order valence-electron chi connectivity index (χ2n) is 7.20. The lowest BCUT2D eigenvalue weighted by Gasteiger charge is -2.44. The maximum Gasteiger partial charge on any atom is 0.123 e. The molecule has 132 valence electrons. The molecule has 0 spiro atoms. The van der Waals surface area contributed by atoms with Crippen LogP contribution < -0.4 is 0 Å². The molecule has 1 N–H and O–H groups in total. The maximum atomic E-state index is 13.4. The lowest BCUT2D eigenvalue weighted by molar-refractivity contribution is -0.0174. The van der Waals surface area contributed by atoms with Gasteiger partial charge in [0.05, 0.1) is 0 Å². The van der Waals surface area contributed by atoms with Gasteiger partial charge in [-0.05, 0) is 62.2 Å². The van der Waals surface area contributed by atoms with Crippen molar-refractivity contribution in [3.05, 3.63) is 77.1 Å². The van der Waals surface area contributed by atoms with E-state index < -0.39 is 5.60 Å². The molecule has 0 heterocycles. The number of hydrogen-bond acceptors (Lipinski definition) is 2. The fourth-order valence-corrected chi connectivity index (χ4v) is 3.92. The summed E-state index contributed by atoms with van der Waals surface area (Å²) in [6.07, 6.45) is 4.97. The van der Waals surface area contributed by atoms with Gasteiger partial charge in [-0.15, -0.1) is 0 Å². The Morgan fingerprint density at radius 2 is 1.80 bits per heavy atom. The van der Waals surface area contributed by atoms with Crippen LogP contribution in [0.4, 0.5) is 4.39 Å². The molecule has 0 bridgehead atoms. The van der Waals surface area contributed by atoms with E-state index in [9.17, 15) is 9.50 Å². The Balaban J connectivity index is 2.08. The average Bonchev–Trinajstić information content (AvgIpc) is 2.60. The quantitative estimate of drug-likeness (QED) is 0.889. The van der Waals surface area contributed by atoms with Crippen LogP contribution >= 0.6 is 0 Å². The molecule has 3 rings (SSSR count). The summed E-state index contributed by atoms with van der Waals surface area (Å²) >= 11 is 0. The van der Waals surface area contributed by atoms with Crippen LogP contribution in [0.5, 0.6) is 0 Å². The van der Waals surface area contributed by atoms with Crippen LogP contribution in [0.25, 0.3) is 6.08 Å². The first-order chi connectivity index (χ1) is 12.0. The van der Waals surface area contributed by atoms with Crippen molar-refractivity contribution in [1.29, 1.82) is 0 Å². The number of halogens is 1. The van der Waals surface area contributed by atoms with E-state index in [1.807, 2.05) is 44.4 Å². The van der Waals surface area contributed by atoms with Crippen molar-refractivity contribution in [1.82, 2.24) is 4.90 Å². The lowest BCUT2D eigenvalue weighted by Crippen LogP contribution is -2.44. The van der Waals surface area contributed by atoms with E-state index in [1.54, 1.807) is 12.1 Å². The molecule has 1 saturated carbocycles. The average molecular weight is 339 g/mol. The summed E-state index contributed by atoms with van der Waals surface area (Å²) in [5.41, 5.74) is 1.82. The summed E-state index contributed by atoms with van der Waals surface area (Å²) in [5.74, 6) is -0.197. The summed E-state index contributed by atoms with van der Waals surface area (Å²) in [7, 11) is 4.06. The Morgan fingerprint density at radius 1 is 1.12 bits per heavy atom. The van der Waals surface area contributed by atoms with Gasteiger partial charge in [0.25, 0.3) is 0 Å². The minimum absolute atomic E-state index is 0.0803. The second-order valence-corrected chi connectivity index (χ2v) is 7.20. The molecule has 2 aromatic rings. The minimum atomic E-state index is -1.06. The zero-order chi connectivity index (χ0) is 17.9. The molecule has 2 nitrogen and oxygen atoms in total. The van der Waals surface area contributed by atoms with Crippen LogP contribution in [-0.4, -0.2) is 30.6 Å². The van der Waals surface area contributed by atoms with Crippen LogP contribution in [-0.2, 0) is 5.60 Å². The first-order valence-corrected chi connectivity index (χ1v) is 8.89. The van der Waals surface area contributed by atoms with Crippen molar-refractivity contribution in [3.63, 3.8) is 0 Å². The van der Waals surface area contributed by atoms with E-state index in [2.05, 4.69) is 11.0 Å². The van der Waals surface area contributed by atoms with E-state index in [0.29, 0.717) is 0 Å². The molecule has 0 radical (unpaired) electrons. The highest BCUT2D eigenvalue weighted by atomic mass is 19.1.